The fourth-order valence-corrected chi connectivity index (χ4v) is 1.81. The van der Waals surface area contributed by atoms with Crippen LogP contribution in [0, 0.1) is 0 Å². The second kappa shape index (κ2) is 4.79. The number of aliphatic carboxylic acids is 1. The molecule has 0 spiro atoms. The first-order valence-electron chi connectivity index (χ1n) is 5.97. The summed E-state index contributed by atoms with van der Waals surface area (Å²) in [5, 5.41) is 11.7. The first kappa shape index (κ1) is 13.2. The quantitative estimate of drug-likeness (QED) is 0.860. The second-order valence-electron chi connectivity index (χ2n) is 4.55. The number of fused-ring (bicyclic) bond motifs is 1. The highest BCUT2D eigenvalue weighted by Crippen LogP contribution is 2.33. The van der Waals surface area contributed by atoms with E-state index >= 15 is 0 Å². The largest absolute Gasteiger partial charge is 0.480 e. The molecular formula is C13H16N2O4. The van der Waals surface area contributed by atoms with E-state index in [1.54, 1.807) is 44.0 Å². The highest BCUT2D eigenvalue weighted by molar-refractivity contribution is 5.98. The topological polar surface area (TPSA) is 78.9 Å². The molecule has 2 rings (SSSR count). The Morgan fingerprint density at radius 2 is 2.21 bits per heavy atom. The molecule has 0 radical (unpaired) electrons. The second-order valence-corrected chi connectivity index (χ2v) is 4.55. The Morgan fingerprint density at radius 1 is 1.53 bits per heavy atom. The molecule has 0 aliphatic carbocycles. The van der Waals surface area contributed by atoms with Gasteiger partial charge in [-0.3, -0.25) is 4.79 Å². The van der Waals surface area contributed by atoms with Gasteiger partial charge in [0.1, 0.15) is 11.8 Å². The number of carbonyl (C=O) groups excluding carboxylic acids is 1. The predicted octanol–water partition coefficient (Wildman–Crippen LogP) is 1.32. The van der Waals surface area contributed by atoms with Crippen molar-refractivity contribution in [1.82, 2.24) is 0 Å². The number of ether oxygens (including phenoxy) is 1. The van der Waals surface area contributed by atoms with Crippen LogP contribution in [0.3, 0.4) is 0 Å². The number of hydrogen-bond acceptors (Lipinski definition) is 4. The van der Waals surface area contributed by atoms with Gasteiger partial charge in [-0.15, -0.1) is 0 Å². The molecule has 1 aromatic carbocycles. The van der Waals surface area contributed by atoms with E-state index in [1.165, 1.54) is 0 Å². The van der Waals surface area contributed by atoms with Crippen molar-refractivity contribution in [3.63, 3.8) is 0 Å². The Morgan fingerprint density at radius 3 is 2.84 bits per heavy atom. The van der Waals surface area contributed by atoms with Crippen LogP contribution in [0.2, 0.25) is 0 Å². The molecule has 1 aliphatic heterocycles. The van der Waals surface area contributed by atoms with E-state index in [0.717, 1.165) is 0 Å². The molecule has 2 atom stereocenters. The third-order valence-corrected chi connectivity index (χ3v) is 3.24. The summed E-state index contributed by atoms with van der Waals surface area (Å²) in [4.78, 5) is 24.1. The normalized spacial score (nSPS) is 18.9. The SMILES string of the molecule is CC1Oc2ccc(N(C)C(C)C(=O)O)cc2NC1=O. The highest BCUT2D eigenvalue weighted by atomic mass is 16.5. The summed E-state index contributed by atoms with van der Waals surface area (Å²) in [7, 11) is 1.69. The van der Waals surface area contributed by atoms with Crippen molar-refractivity contribution in [2.24, 2.45) is 0 Å². The average molecular weight is 264 g/mol. The number of amides is 1. The molecule has 1 aromatic rings. The Bertz CT molecular complexity index is 529. The molecule has 2 unspecified atom stereocenters. The molecular weight excluding hydrogens is 248 g/mol. The van der Waals surface area contributed by atoms with Crippen molar-refractivity contribution in [2.75, 3.05) is 17.3 Å². The monoisotopic (exact) mass is 264 g/mol. The van der Waals surface area contributed by atoms with Crippen molar-refractivity contribution in [3.8, 4) is 5.75 Å². The van der Waals surface area contributed by atoms with Gasteiger partial charge in [0.05, 0.1) is 5.69 Å². The summed E-state index contributed by atoms with van der Waals surface area (Å²) < 4.78 is 5.44. The number of carboxylic acid groups (broad SMARTS) is 1. The molecule has 0 aromatic heterocycles. The number of nitrogens with zero attached hydrogens (tertiary/aromatic N) is 1. The zero-order valence-corrected chi connectivity index (χ0v) is 11.0. The van der Waals surface area contributed by atoms with Crippen LogP contribution in [0.15, 0.2) is 18.2 Å². The maximum Gasteiger partial charge on any atom is 0.326 e. The van der Waals surface area contributed by atoms with Crippen molar-refractivity contribution in [3.05, 3.63) is 18.2 Å². The lowest BCUT2D eigenvalue weighted by atomic mass is 10.1. The van der Waals surface area contributed by atoms with Gasteiger partial charge in [0, 0.05) is 12.7 Å². The fourth-order valence-electron chi connectivity index (χ4n) is 1.81. The minimum absolute atomic E-state index is 0.210. The number of anilines is 2. The van der Waals surface area contributed by atoms with Gasteiger partial charge in [-0.1, -0.05) is 0 Å². The van der Waals surface area contributed by atoms with Crippen LogP contribution in [-0.4, -0.2) is 36.2 Å². The van der Waals surface area contributed by atoms with E-state index in [0.29, 0.717) is 17.1 Å². The van der Waals surface area contributed by atoms with Gasteiger partial charge in [-0.2, -0.15) is 0 Å². The number of benzene rings is 1. The lowest BCUT2D eigenvalue weighted by molar-refractivity contribution is -0.138. The molecule has 6 heteroatoms. The smallest absolute Gasteiger partial charge is 0.326 e. The maximum atomic E-state index is 11.5. The van der Waals surface area contributed by atoms with E-state index in [4.69, 9.17) is 9.84 Å². The molecule has 1 aliphatic rings. The number of nitrogens with one attached hydrogen (secondary N) is 1. The van der Waals surface area contributed by atoms with Crippen LogP contribution in [0.4, 0.5) is 11.4 Å². The summed E-state index contributed by atoms with van der Waals surface area (Å²) in [6, 6.07) is 4.55. The summed E-state index contributed by atoms with van der Waals surface area (Å²) >= 11 is 0. The molecule has 19 heavy (non-hydrogen) atoms. The zero-order valence-electron chi connectivity index (χ0n) is 11.0. The lowest BCUT2D eigenvalue weighted by Crippen LogP contribution is -2.37. The number of hydrogen-bond donors (Lipinski definition) is 2. The highest BCUT2D eigenvalue weighted by Gasteiger charge is 2.25. The Balaban J connectivity index is 2.29. The predicted molar refractivity (Wildman–Crippen MR) is 70.7 cm³/mol. The summed E-state index contributed by atoms with van der Waals surface area (Å²) in [6.45, 7) is 3.27. The number of rotatable bonds is 3. The van der Waals surface area contributed by atoms with Crippen LogP contribution in [-0.2, 0) is 9.59 Å². The molecule has 0 saturated carbocycles. The van der Waals surface area contributed by atoms with Gasteiger partial charge < -0.3 is 20.1 Å². The molecule has 0 bridgehead atoms. The van der Waals surface area contributed by atoms with Crippen LogP contribution in [0.25, 0.3) is 0 Å². The molecule has 1 heterocycles. The third kappa shape index (κ3) is 2.47. The van der Waals surface area contributed by atoms with Gasteiger partial charge in [0.25, 0.3) is 5.91 Å². The van der Waals surface area contributed by atoms with Gasteiger partial charge in [-0.25, -0.2) is 4.79 Å². The summed E-state index contributed by atoms with van der Waals surface area (Å²) in [6.07, 6.45) is -0.519. The average Bonchev–Trinajstić information content (AvgIpc) is 2.37. The lowest BCUT2D eigenvalue weighted by Gasteiger charge is -2.27. The minimum Gasteiger partial charge on any atom is -0.480 e. The van der Waals surface area contributed by atoms with Gasteiger partial charge >= 0.3 is 5.97 Å². The van der Waals surface area contributed by atoms with Crippen molar-refractivity contribution < 1.29 is 19.4 Å². The Hall–Kier alpha value is -2.24. The summed E-state index contributed by atoms with van der Waals surface area (Å²) in [5.41, 5.74) is 1.26. The van der Waals surface area contributed by atoms with Gasteiger partial charge in [0.15, 0.2) is 6.10 Å². The van der Waals surface area contributed by atoms with Crippen LogP contribution < -0.4 is 15.0 Å². The fraction of sp³-hybridized carbons (Fsp3) is 0.385. The number of carbonyl (C=O) groups is 2. The first-order chi connectivity index (χ1) is 8.90. The Kier molecular flexibility index (Phi) is 3.33. The van der Waals surface area contributed by atoms with Gasteiger partial charge in [0.2, 0.25) is 0 Å². The molecule has 1 amide bonds. The van der Waals surface area contributed by atoms with Gasteiger partial charge in [-0.05, 0) is 32.0 Å². The Labute approximate surface area is 111 Å². The van der Waals surface area contributed by atoms with Crippen LogP contribution in [0.5, 0.6) is 5.75 Å². The summed E-state index contributed by atoms with van der Waals surface area (Å²) in [5.74, 6) is -0.528. The van der Waals surface area contributed by atoms with E-state index < -0.39 is 18.1 Å². The van der Waals surface area contributed by atoms with E-state index in [9.17, 15) is 9.59 Å². The third-order valence-electron chi connectivity index (χ3n) is 3.24. The zero-order chi connectivity index (χ0) is 14.2. The van der Waals surface area contributed by atoms with Crippen LogP contribution >= 0.6 is 0 Å². The van der Waals surface area contributed by atoms with E-state index in [1.807, 2.05) is 0 Å². The molecule has 2 N–H and O–H groups in total. The van der Waals surface area contributed by atoms with E-state index in [2.05, 4.69) is 5.32 Å². The van der Waals surface area contributed by atoms with E-state index in [-0.39, 0.29) is 5.91 Å². The molecule has 6 nitrogen and oxygen atoms in total. The number of carboxylic acids is 1. The maximum absolute atomic E-state index is 11.5. The van der Waals surface area contributed by atoms with Crippen molar-refractivity contribution in [1.29, 1.82) is 0 Å². The minimum atomic E-state index is -0.908. The molecule has 0 fully saturated rings. The molecule has 0 saturated heterocycles. The molecule has 102 valence electrons. The van der Waals surface area contributed by atoms with Crippen molar-refractivity contribution >= 4 is 23.3 Å². The standard InChI is InChI=1S/C13H16N2O4/c1-7(13(17)18)15(3)9-4-5-11-10(6-9)14-12(16)8(2)19-11/h4-8H,1-3H3,(H,14,16)(H,17,18). The van der Waals surface area contributed by atoms with Crippen molar-refractivity contribution in [2.45, 2.75) is 26.0 Å². The number of likely N-dealkylation sites (N-methyl/N-ethyl adjacent to an activating group) is 1. The first-order valence-corrected chi connectivity index (χ1v) is 5.97. The van der Waals surface area contributed by atoms with Crippen LogP contribution in [0.1, 0.15) is 13.8 Å².